The van der Waals surface area contributed by atoms with E-state index in [-0.39, 0.29) is 0 Å². The predicted molar refractivity (Wildman–Crippen MR) is 81.7 cm³/mol. The molecule has 1 aromatic carbocycles. The number of ether oxygens (including phenoxy) is 1. The van der Waals surface area contributed by atoms with Gasteiger partial charge in [0.15, 0.2) is 0 Å². The SMILES string of the molecule is COc1ccc(CNCCCCCSC)cc1C. The van der Waals surface area contributed by atoms with Crippen LogP contribution in [0.5, 0.6) is 5.75 Å². The summed E-state index contributed by atoms with van der Waals surface area (Å²) in [5, 5.41) is 3.50. The maximum Gasteiger partial charge on any atom is 0.121 e. The highest BCUT2D eigenvalue weighted by atomic mass is 32.2. The number of nitrogens with one attached hydrogen (secondary N) is 1. The van der Waals surface area contributed by atoms with Crippen LogP contribution in [-0.4, -0.2) is 25.7 Å². The first-order valence-electron chi connectivity index (χ1n) is 6.61. The number of unbranched alkanes of at least 4 members (excludes halogenated alkanes) is 2. The molecule has 0 aliphatic carbocycles. The lowest BCUT2D eigenvalue weighted by molar-refractivity contribution is 0.411. The lowest BCUT2D eigenvalue weighted by Crippen LogP contribution is -2.14. The fourth-order valence-electron chi connectivity index (χ4n) is 1.96. The van der Waals surface area contributed by atoms with E-state index in [1.807, 2.05) is 17.8 Å². The Bertz CT molecular complexity index is 341. The molecule has 0 amide bonds. The highest BCUT2D eigenvalue weighted by Crippen LogP contribution is 2.18. The molecule has 3 heteroatoms. The fourth-order valence-corrected chi connectivity index (χ4v) is 2.45. The van der Waals surface area contributed by atoms with Gasteiger partial charge in [0, 0.05) is 6.54 Å². The van der Waals surface area contributed by atoms with Crippen LogP contribution in [0.25, 0.3) is 0 Å². The molecule has 102 valence electrons. The number of methoxy groups -OCH3 is 1. The van der Waals surface area contributed by atoms with E-state index in [1.165, 1.54) is 36.1 Å². The van der Waals surface area contributed by atoms with E-state index in [0.29, 0.717) is 0 Å². The second kappa shape index (κ2) is 9.29. The van der Waals surface area contributed by atoms with Crippen molar-refractivity contribution in [2.75, 3.05) is 25.7 Å². The lowest BCUT2D eigenvalue weighted by Gasteiger charge is -2.08. The Morgan fingerprint density at radius 2 is 2.06 bits per heavy atom. The molecule has 1 rings (SSSR count). The summed E-state index contributed by atoms with van der Waals surface area (Å²) >= 11 is 1.94. The van der Waals surface area contributed by atoms with Gasteiger partial charge in [-0.15, -0.1) is 0 Å². The highest BCUT2D eigenvalue weighted by molar-refractivity contribution is 7.98. The third-order valence-electron chi connectivity index (χ3n) is 2.99. The monoisotopic (exact) mass is 267 g/mol. The van der Waals surface area contributed by atoms with Crippen LogP contribution in [0.3, 0.4) is 0 Å². The van der Waals surface area contributed by atoms with Crippen molar-refractivity contribution in [3.05, 3.63) is 29.3 Å². The van der Waals surface area contributed by atoms with Crippen LogP contribution in [0.1, 0.15) is 30.4 Å². The Balaban J connectivity index is 2.17. The summed E-state index contributed by atoms with van der Waals surface area (Å²) in [4.78, 5) is 0. The molecular weight excluding hydrogens is 242 g/mol. The van der Waals surface area contributed by atoms with Crippen LogP contribution in [0.15, 0.2) is 18.2 Å². The molecule has 0 heterocycles. The minimum atomic E-state index is 0.952. The summed E-state index contributed by atoms with van der Waals surface area (Å²) in [5.41, 5.74) is 2.54. The number of hydrogen-bond acceptors (Lipinski definition) is 3. The first kappa shape index (κ1) is 15.4. The summed E-state index contributed by atoms with van der Waals surface area (Å²) in [6, 6.07) is 6.37. The maximum absolute atomic E-state index is 5.26. The van der Waals surface area contributed by atoms with Gasteiger partial charge in [-0.2, -0.15) is 11.8 Å². The Labute approximate surface area is 116 Å². The number of rotatable bonds is 9. The normalized spacial score (nSPS) is 10.6. The van der Waals surface area contributed by atoms with Gasteiger partial charge in [-0.1, -0.05) is 18.6 Å². The van der Waals surface area contributed by atoms with Gasteiger partial charge >= 0.3 is 0 Å². The zero-order valence-corrected chi connectivity index (χ0v) is 12.6. The Morgan fingerprint density at radius 1 is 1.22 bits per heavy atom. The molecule has 0 radical (unpaired) electrons. The van der Waals surface area contributed by atoms with Gasteiger partial charge in [0.1, 0.15) is 5.75 Å². The zero-order valence-electron chi connectivity index (χ0n) is 11.8. The number of hydrogen-bond donors (Lipinski definition) is 1. The third kappa shape index (κ3) is 5.78. The molecule has 0 aliphatic heterocycles. The van der Waals surface area contributed by atoms with Crippen LogP contribution in [0.2, 0.25) is 0 Å². The Hall–Kier alpha value is -0.670. The van der Waals surface area contributed by atoms with E-state index in [2.05, 4.69) is 30.6 Å². The van der Waals surface area contributed by atoms with E-state index < -0.39 is 0 Å². The van der Waals surface area contributed by atoms with Crippen LogP contribution in [0, 0.1) is 6.92 Å². The van der Waals surface area contributed by atoms with Crippen LogP contribution >= 0.6 is 11.8 Å². The van der Waals surface area contributed by atoms with Crippen molar-refractivity contribution in [2.45, 2.75) is 32.7 Å². The third-order valence-corrected chi connectivity index (χ3v) is 3.69. The first-order valence-corrected chi connectivity index (χ1v) is 8.00. The van der Waals surface area contributed by atoms with Crippen molar-refractivity contribution in [3.8, 4) is 5.75 Å². The highest BCUT2D eigenvalue weighted by Gasteiger charge is 1.99. The summed E-state index contributed by atoms with van der Waals surface area (Å²) in [5.74, 6) is 2.26. The summed E-state index contributed by atoms with van der Waals surface area (Å²) in [6.45, 7) is 4.15. The summed E-state index contributed by atoms with van der Waals surface area (Å²) < 4.78 is 5.26. The molecule has 0 atom stereocenters. The molecule has 18 heavy (non-hydrogen) atoms. The summed E-state index contributed by atoms with van der Waals surface area (Å²) in [7, 11) is 1.72. The molecule has 0 saturated heterocycles. The Kier molecular flexibility index (Phi) is 7.94. The second-order valence-corrected chi connectivity index (χ2v) is 5.52. The van der Waals surface area contributed by atoms with Gasteiger partial charge in [-0.05, 0) is 55.5 Å². The van der Waals surface area contributed by atoms with E-state index in [4.69, 9.17) is 4.74 Å². The second-order valence-electron chi connectivity index (χ2n) is 4.53. The predicted octanol–water partition coefficient (Wildman–Crippen LogP) is 3.63. The smallest absolute Gasteiger partial charge is 0.121 e. The number of benzene rings is 1. The van der Waals surface area contributed by atoms with E-state index in [9.17, 15) is 0 Å². The average molecular weight is 267 g/mol. The zero-order chi connectivity index (χ0) is 13.2. The van der Waals surface area contributed by atoms with Crippen molar-refractivity contribution in [1.29, 1.82) is 0 Å². The van der Waals surface area contributed by atoms with Crippen molar-refractivity contribution < 1.29 is 4.74 Å². The van der Waals surface area contributed by atoms with Crippen LogP contribution in [-0.2, 0) is 6.54 Å². The molecular formula is C15H25NOS. The van der Waals surface area contributed by atoms with Crippen molar-refractivity contribution in [3.63, 3.8) is 0 Å². The van der Waals surface area contributed by atoms with Crippen molar-refractivity contribution in [2.24, 2.45) is 0 Å². The average Bonchev–Trinajstić information content (AvgIpc) is 2.38. The van der Waals surface area contributed by atoms with Gasteiger partial charge < -0.3 is 10.1 Å². The van der Waals surface area contributed by atoms with Gasteiger partial charge in [0.05, 0.1) is 7.11 Å². The first-order chi connectivity index (χ1) is 8.77. The fraction of sp³-hybridized carbons (Fsp3) is 0.600. The molecule has 0 bridgehead atoms. The molecule has 0 fully saturated rings. The van der Waals surface area contributed by atoms with Crippen LogP contribution in [0.4, 0.5) is 0 Å². The molecule has 0 spiro atoms. The Morgan fingerprint density at radius 3 is 2.72 bits per heavy atom. The quantitative estimate of drug-likeness (QED) is 0.690. The van der Waals surface area contributed by atoms with Gasteiger partial charge in [-0.25, -0.2) is 0 Å². The standard InChI is InChI=1S/C15H25NOS/c1-13-11-14(7-8-15(13)17-2)12-16-9-5-4-6-10-18-3/h7-8,11,16H,4-6,9-10,12H2,1-3H3. The van der Waals surface area contributed by atoms with E-state index in [0.717, 1.165) is 18.8 Å². The lowest BCUT2D eigenvalue weighted by atomic mass is 10.1. The van der Waals surface area contributed by atoms with Gasteiger partial charge in [-0.3, -0.25) is 0 Å². The summed E-state index contributed by atoms with van der Waals surface area (Å²) in [6.07, 6.45) is 6.11. The van der Waals surface area contributed by atoms with Crippen molar-refractivity contribution in [1.82, 2.24) is 5.32 Å². The molecule has 0 aliphatic rings. The van der Waals surface area contributed by atoms with E-state index >= 15 is 0 Å². The molecule has 0 saturated carbocycles. The maximum atomic E-state index is 5.26. The minimum Gasteiger partial charge on any atom is -0.496 e. The molecule has 0 unspecified atom stereocenters. The van der Waals surface area contributed by atoms with Gasteiger partial charge in [0.2, 0.25) is 0 Å². The van der Waals surface area contributed by atoms with Crippen LogP contribution < -0.4 is 10.1 Å². The number of thioether (sulfide) groups is 1. The molecule has 0 aromatic heterocycles. The molecule has 1 aromatic rings. The van der Waals surface area contributed by atoms with Crippen molar-refractivity contribution >= 4 is 11.8 Å². The number of aryl methyl sites for hydroxylation is 1. The largest absolute Gasteiger partial charge is 0.496 e. The molecule has 2 nitrogen and oxygen atoms in total. The minimum absolute atomic E-state index is 0.952. The topological polar surface area (TPSA) is 21.3 Å². The molecule has 1 N–H and O–H groups in total. The van der Waals surface area contributed by atoms with E-state index in [1.54, 1.807) is 7.11 Å². The van der Waals surface area contributed by atoms with Gasteiger partial charge in [0.25, 0.3) is 0 Å².